The Morgan fingerprint density at radius 1 is 1.75 bits per heavy atom. The fourth-order valence-corrected chi connectivity index (χ4v) is 0.724. The molecule has 0 aliphatic heterocycles. The molecule has 0 spiro atoms. The molecule has 1 aromatic heterocycles. The molecular weight excluding hydrogens is 174 g/mol. The molecule has 0 saturated heterocycles. The summed E-state index contributed by atoms with van der Waals surface area (Å²) in [4.78, 5) is 0. The quantitative estimate of drug-likeness (QED) is 0.405. The fourth-order valence-electron chi connectivity index (χ4n) is 0.678. The Morgan fingerprint density at radius 3 is 3.00 bits per heavy atom. The molecule has 1 heterocycles. The Bertz CT molecular complexity index is 292. The zero-order valence-corrected chi connectivity index (χ0v) is 7.39. The van der Waals surface area contributed by atoms with Gasteiger partial charge in [-0.05, 0) is 31.3 Å². The van der Waals surface area contributed by atoms with E-state index in [1.807, 2.05) is 0 Å². The lowest BCUT2D eigenvalue weighted by atomic mass is 10.3. The number of rotatable bonds is 2. The minimum Gasteiger partial charge on any atom is -0.463 e. The van der Waals surface area contributed by atoms with E-state index in [4.69, 9.17) is 10.2 Å². The first-order valence-corrected chi connectivity index (χ1v) is 3.74. The van der Waals surface area contributed by atoms with Crippen molar-refractivity contribution in [2.75, 3.05) is 0 Å². The van der Waals surface area contributed by atoms with Gasteiger partial charge in [-0.15, -0.1) is 0 Å². The summed E-state index contributed by atoms with van der Waals surface area (Å²) < 4.78 is 5.07. The van der Waals surface area contributed by atoms with Crippen molar-refractivity contribution < 1.29 is 4.42 Å². The molecule has 0 atom stereocenters. The number of furan rings is 1. The first-order valence-electron chi connectivity index (χ1n) is 3.34. The molecule has 0 fully saturated rings. The molecule has 3 N–H and O–H groups in total. The zero-order chi connectivity index (χ0) is 8.97. The zero-order valence-electron chi connectivity index (χ0n) is 6.57. The Hall–Kier alpha value is -1.36. The second-order valence-electron chi connectivity index (χ2n) is 2.15. The minimum absolute atomic E-state index is 0.140. The monoisotopic (exact) mass is 183 g/mol. The number of nitrogens with two attached hydrogens (primary N) is 1. The number of hydrogen-bond acceptors (Lipinski definition) is 3. The van der Waals surface area contributed by atoms with Gasteiger partial charge < -0.3 is 10.2 Å². The number of nitrogens with one attached hydrogen (secondary N) is 1. The van der Waals surface area contributed by atoms with Crippen LogP contribution in [-0.4, -0.2) is 10.8 Å². The molecule has 5 heteroatoms. The second kappa shape index (κ2) is 3.87. The van der Waals surface area contributed by atoms with E-state index in [0.29, 0.717) is 11.5 Å². The average Bonchev–Trinajstić information content (AvgIpc) is 2.51. The highest BCUT2D eigenvalue weighted by molar-refractivity contribution is 7.80. The van der Waals surface area contributed by atoms with Gasteiger partial charge in [0, 0.05) is 0 Å². The van der Waals surface area contributed by atoms with E-state index in [2.05, 4.69) is 22.7 Å². The first-order chi connectivity index (χ1) is 5.70. The molecule has 0 saturated carbocycles. The molecule has 0 aliphatic carbocycles. The summed E-state index contributed by atoms with van der Waals surface area (Å²) in [5.74, 6) is 0.693. The van der Waals surface area contributed by atoms with E-state index < -0.39 is 0 Å². The topological polar surface area (TPSA) is 63.5 Å². The molecule has 12 heavy (non-hydrogen) atoms. The van der Waals surface area contributed by atoms with Crippen molar-refractivity contribution in [3.8, 4) is 0 Å². The van der Waals surface area contributed by atoms with Gasteiger partial charge in [0.15, 0.2) is 5.11 Å². The molecule has 0 aliphatic rings. The van der Waals surface area contributed by atoms with Gasteiger partial charge in [0.1, 0.15) is 11.5 Å². The summed E-state index contributed by atoms with van der Waals surface area (Å²) in [5.41, 5.74) is 8.35. The van der Waals surface area contributed by atoms with Crippen molar-refractivity contribution in [2.45, 2.75) is 6.92 Å². The summed E-state index contributed by atoms with van der Waals surface area (Å²) >= 11 is 4.57. The van der Waals surface area contributed by atoms with Crippen molar-refractivity contribution >= 4 is 23.0 Å². The number of hydrogen-bond donors (Lipinski definition) is 2. The van der Waals surface area contributed by atoms with E-state index in [9.17, 15) is 0 Å². The van der Waals surface area contributed by atoms with Crippen LogP contribution in [-0.2, 0) is 0 Å². The standard InChI is InChI=1S/C7H9N3OS/c1-5(9-10-7(8)12)6-3-2-4-11-6/h2-4H,1H3,(H3,8,10,12). The molecule has 0 radical (unpaired) electrons. The van der Waals surface area contributed by atoms with E-state index in [-0.39, 0.29) is 5.11 Å². The van der Waals surface area contributed by atoms with Crippen LogP contribution in [0.2, 0.25) is 0 Å². The summed E-state index contributed by atoms with van der Waals surface area (Å²) in [6.07, 6.45) is 1.58. The molecule has 1 rings (SSSR count). The maximum absolute atomic E-state index is 5.18. The van der Waals surface area contributed by atoms with Crippen LogP contribution in [0.15, 0.2) is 27.9 Å². The lowest BCUT2D eigenvalue weighted by Crippen LogP contribution is -2.25. The van der Waals surface area contributed by atoms with Crippen LogP contribution in [0.5, 0.6) is 0 Å². The van der Waals surface area contributed by atoms with Gasteiger partial charge in [-0.25, -0.2) is 0 Å². The van der Waals surface area contributed by atoms with Crippen LogP contribution in [0, 0.1) is 0 Å². The lowest BCUT2D eigenvalue weighted by molar-refractivity contribution is 0.556. The van der Waals surface area contributed by atoms with Crippen LogP contribution in [0.25, 0.3) is 0 Å². The van der Waals surface area contributed by atoms with Crippen molar-refractivity contribution in [1.82, 2.24) is 5.43 Å². The fraction of sp³-hybridized carbons (Fsp3) is 0.143. The predicted molar refractivity (Wildman–Crippen MR) is 50.8 cm³/mol. The maximum atomic E-state index is 5.18. The smallest absolute Gasteiger partial charge is 0.184 e. The minimum atomic E-state index is 0.140. The highest BCUT2D eigenvalue weighted by Gasteiger charge is 1.98. The normalized spacial score (nSPS) is 11.2. The van der Waals surface area contributed by atoms with Crippen LogP contribution in [0.1, 0.15) is 12.7 Å². The summed E-state index contributed by atoms with van der Waals surface area (Å²) in [6.45, 7) is 1.80. The maximum Gasteiger partial charge on any atom is 0.184 e. The SMILES string of the molecule is CC(=NNC(N)=S)c1ccco1. The Balaban J connectivity index is 2.65. The highest BCUT2D eigenvalue weighted by Crippen LogP contribution is 2.00. The van der Waals surface area contributed by atoms with Gasteiger partial charge in [-0.2, -0.15) is 5.10 Å². The predicted octanol–water partition coefficient (Wildman–Crippen LogP) is 0.837. The van der Waals surface area contributed by atoms with Gasteiger partial charge in [-0.1, -0.05) is 0 Å². The Morgan fingerprint density at radius 2 is 2.50 bits per heavy atom. The lowest BCUT2D eigenvalue weighted by Gasteiger charge is -1.96. The largest absolute Gasteiger partial charge is 0.463 e. The van der Waals surface area contributed by atoms with Crippen molar-refractivity contribution in [2.24, 2.45) is 10.8 Å². The summed E-state index contributed by atoms with van der Waals surface area (Å²) in [5, 5.41) is 4.01. The van der Waals surface area contributed by atoms with E-state index in [0.717, 1.165) is 0 Å². The van der Waals surface area contributed by atoms with Crippen LogP contribution < -0.4 is 11.2 Å². The van der Waals surface area contributed by atoms with Gasteiger partial charge in [0.25, 0.3) is 0 Å². The third kappa shape index (κ3) is 2.35. The molecule has 1 aromatic rings. The molecule has 0 bridgehead atoms. The Kier molecular flexibility index (Phi) is 2.82. The molecule has 0 aromatic carbocycles. The number of thiocarbonyl (C=S) groups is 1. The third-order valence-electron chi connectivity index (χ3n) is 1.21. The molecule has 0 unspecified atom stereocenters. The van der Waals surface area contributed by atoms with Gasteiger partial charge in [-0.3, -0.25) is 5.43 Å². The van der Waals surface area contributed by atoms with E-state index in [1.165, 1.54) is 0 Å². The number of nitrogens with zero attached hydrogens (tertiary/aromatic N) is 1. The second-order valence-corrected chi connectivity index (χ2v) is 2.59. The van der Waals surface area contributed by atoms with Gasteiger partial charge in [0.2, 0.25) is 0 Å². The van der Waals surface area contributed by atoms with Crippen molar-refractivity contribution in [3.63, 3.8) is 0 Å². The average molecular weight is 183 g/mol. The van der Waals surface area contributed by atoms with Crippen LogP contribution in [0.3, 0.4) is 0 Å². The van der Waals surface area contributed by atoms with Gasteiger partial charge >= 0.3 is 0 Å². The van der Waals surface area contributed by atoms with Crippen molar-refractivity contribution in [3.05, 3.63) is 24.2 Å². The molecule has 0 amide bonds. The van der Waals surface area contributed by atoms with Crippen LogP contribution >= 0.6 is 12.2 Å². The van der Waals surface area contributed by atoms with E-state index in [1.54, 1.807) is 25.3 Å². The molecular formula is C7H9N3OS. The summed E-state index contributed by atoms with van der Waals surface area (Å²) in [6, 6.07) is 3.59. The molecule has 4 nitrogen and oxygen atoms in total. The third-order valence-corrected chi connectivity index (χ3v) is 1.30. The highest BCUT2D eigenvalue weighted by atomic mass is 32.1. The van der Waals surface area contributed by atoms with E-state index >= 15 is 0 Å². The van der Waals surface area contributed by atoms with Crippen molar-refractivity contribution in [1.29, 1.82) is 0 Å². The number of hydrazone groups is 1. The van der Waals surface area contributed by atoms with Gasteiger partial charge in [0.05, 0.1) is 6.26 Å². The van der Waals surface area contributed by atoms with Crippen LogP contribution in [0.4, 0.5) is 0 Å². The summed E-state index contributed by atoms with van der Waals surface area (Å²) in [7, 11) is 0. The first kappa shape index (κ1) is 8.73. The Labute approximate surface area is 75.4 Å². The molecule has 64 valence electrons.